The number of guanidine groups is 3. The average Bonchev–Trinajstić information content (AvgIpc) is 3.31. The summed E-state index contributed by atoms with van der Waals surface area (Å²) in [6.45, 7) is 6.26. The molecular formula is C45H88N18O8. The molecule has 0 aromatic carbocycles. The summed E-state index contributed by atoms with van der Waals surface area (Å²) in [5.74, 6) is -4.14. The molecule has 0 aromatic heterocycles. The molecule has 8 amide bonds. The lowest BCUT2D eigenvalue weighted by atomic mass is 10.1. The van der Waals surface area contributed by atoms with Gasteiger partial charge in [0.05, 0.1) is 26.2 Å². The standard InChI is InChI=1S/C45H88N18O8/c1-5-9-10-20-34(42(47)71)60-38(67)30-63(41(70)8-4)27-33(19-13-16-23-56-45(52)53)59-37(66)29-62(40(69)7-3)26-32(18-12-15-22-55-44(50)51)58-36(65)28-61(39(68)6-2)25-31(57-35(64)24-46)17-11-14-21-54-43(48)49/h31-34H,5-30,46H2,1-4H3,(H2,47,71)(H,57,64)(H,58,65)(H,59,66)(H,60,67)(H4,48,49,54)(H4,50,51,55)(H4,52,53,56)/t31-,32-,33-,34-/m0/s1. The summed E-state index contributed by atoms with van der Waals surface area (Å²) in [5, 5.41) is 11.4. The van der Waals surface area contributed by atoms with Crippen LogP contribution in [0, 0.1) is 0 Å². The first-order chi connectivity index (χ1) is 33.7. The number of hydrogen-bond acceptors (Lipinski definition) is 12. The fraction of sp³-hybridized carbons (Fsp3) is 0.756. The van der Waals surface area contributed by atoms with Crippen LogP contribution in [0.3, 0.4) is 0 Å². The predicted molar refractivity (Wildman–Crippen MR) is 274 cm³/mol. The van der Waals surface area contributed by atoms with Crippen molar-refractivity contribution in [1.82, 2.24) is 36.0 Å². The van der Waals surface area contributed by atoms with Gasteiger partial charge in [0.25, 0.3) is 0 Å². The Balaban J connectivity index is 6.59. The normalized spacial score (nSPS) is 12.4. The third kappa shape index (κ3) is 32.1. The molecule has 0 fully saturated rings. The third-order valence-electron chi connectivity index (χ3n) is 11.1. The maximum atomic E-state index is 14.0. The number of aliphatic imine (C=N–C) groups is 3. The predicted octanol–water partition coefficient (Wildman–Crippen LogP) is -3.00. The Morgan fingerprint density at radius 2 is 0.732 bits per heavy atom. The van der Waals surface area contributed by atoms with E-state index in [0.29, 0.717) is 90.3 Å². The molecule has 0 saturated carbocycles. The van der Waals surface area contributed by atoms with E-state index in [2.05, 4.69) is 36.2 Å². The van der Waals surface area contributed by atoms with Crippen LogP contribution in [0.1, 0.15) is 130 Å². The van der Waals surface area contributed by atoms with E-state index >= 15 is 0 Å². The van der Waals surface area contributed by atoms with Gasteiger partial charge in [-0.05, 0) is 64.2 Å². The highest BCUT2D eigenvalue weighted by molar-refractivity contribution is 5.90. The summed E-state index contributed by atoms with van der Waals surface area (Å²) in [5.41, 5.74) is 44.0. The minimum Gasteiger partial charge on any atom is -0.370 e. The van der Waals surface area contributed by atoms with Gasteiger partial charge in [-0.25, -0.2) is 0 Å². The summed E-state index contributed by atoms with van der Waals surface area (Å²) in [6, 6.07) is -2.87. The Bertz CT molecular complexity index is 1740. The molecule has 20 N–H and O–H groups in total. The Morgan fingerprint density at radius 3 is 1.01 bits per heavy atom. The summed E-state index contributed by atoms with van der Waals surface area (Å²) in [4.78, 5) is 122. The van der Waals surface area contributed by atoms with Gasteiger partial charge in [0.1, 0.15) is 6.04 Å². The SMILES string of the molecule is CCCCC[C@H](NC(=O)CN(C[C@H](CCCCN=C(N)N)NC(=O)CN(C[C@H](CCCCN=C(N)N)NC(=O)CN(C[C@H](CCCCN=C(N)N)NC(=O)CN)C(=O)CC)C(=O)CC)C(=O)CC)C(N)=O. The van der Waals surface area contributed by atoms with E-state index < -0.39 is 72.7 Å². The molecule has 26 heteroatoms. The molecule has 4 atom stereocenters. The summed E-state index contributed by atoms with van der Waals surface area (Å²) < 4.78 is 0. The van der Waals surface area contributed by atoms with Gasteiger partial charge in [-0.3, -0.25) is 53.3 Å². The molecule has 26 nitrogen and oxygen atoms in total. The number of nitrogens with two attached hydrogens (primary N) is 8. The van der Waals surface area contributed by atoms with Gasteiger partial charge < -0.3 is 81.8 Å². The zero-order valence-electron chi connectivity index (χ0n) is 42.8. The van der Waals surface area contributed by atoms with Crippen LogP contribution in [0.25, 0.3) is 0 Å². The number of rotatable bonds is 40. The van der Waals surface area contributed by atoms with Gasteiger partial charge >= 0.3 is 0 Å². The number of nitrogens with zero attached hydrogens (tertiary/aromatic N) is 6. The molecule has 0 bridgehead atoms. The van der Waals surface area contributed by atoms with Crippen molar-refractivity contribution in [3.63, 3.8) is 0 Å². The number of amides is 8. The second-order valence-corrected chi connectivity index (χ2v) is 17.3. The third-order valence-corrected chi connectivity index (χ3v) is 11.1. The van der Waals surface area contributed by atoms with Crippen molar-refractivity contribution in [1.29, 1.82) is 0 Å². The van der Waals surface area contributed by atoms with Gasteiger partial charge in [-0.2, -0.15) is 0 Å². The molecule has 0 aliphatic rings. The lowest BCUT2D eigenvalue weighted by Crippen LogP contribution is -2.54. The molecule has 0 heterocycles. The highest BCUT2D eigenvalue weighted by Gasteiger charge is 2.28. The fourth-order valence-electron chi connectivity index (χ4n) is 7.47. The van der Waals surface area contributed by atoms with Crippen LogP contribution in [-0.4, -0.2) is 169 Å². The number of carbonyl (C=O) groups excluding carboxylic acids is 8. The summed E-state index contributed by atoms with van der Waals surface area (Å²) >= 11 is 0. The van der Waals surface area contributed by atoms with Crippen molar-refractivity contribution >= 4 is 65.1 Å². The highest BCUT2D eigenvalue weighted by atomic mass is 16.2. The largest absolute Gasteiger partial charge is 0.370 e. The molecule has 406 valence electrons. The van der Waals surface area contributed by atoms with E-state index in [4.69, 9.17) is 45.9 Å². The van der Waals surface area contributed by atoms with Gasteiger partial charge in [0.15, 0.2) is 17.9 Å². The lowest BCUT2D eigenvalue weighted by molar-refractivity contribution is -0.138. The van der Waals surface area contributed by atoms with Crippen molar-refractivity contribution in [3.8, 4) is 0 Å². The van der Waals surface area contributed by atoms with Gasteiger partial charge in [0.2, 0.25) is 47.3 Å². The van der Waals surface area contributed by atoms with Crippen molar-refractivity contribution in [2.24, 2.45) is 60.8 Å². The Morgan fingerprint density at radius 1 is 0.423 bits per heavy atom. The average molecular weight is 1010 g/mol. The molecule has 0 saturated heterocycles. The molecule has 0 aromatic rings. The van der Waals surface area contributed by atoms with Crippen LogP contribution in [0.2, 0.25) is 0 Å². The summed E-state index contributed by atoms with van der Waals surface area (Å²) in [6.07, 6.45) is 7.24. The fourth-order valence-corrected chi connectivity index (χ4v) is 7.47. The van der Waals surface area contributed by atoms with Crippen LogP contribution in [0.4, 0.5) is 0 Å². The number of hydrogen-bond donors (Lipinski definition) is 12. The van der Waals surface area contributed by atoms with Crippen molar-refractivity contribution < 1.29 is 38.4 Å². The second-order valence-electron chi connectivity index (χ2n) is 17.3. The molecule has 0 unspecified atom stereocenters. The van der Waals surface area contributed by atoms with Gasteiger partial charge in [-0.1, -0.05) is 47.0 Å². The number of unbranched alkanes of at least 4 members (excludes halogenated alkanes) is 5. The molecule has 0 rings (SSSR count). The zero-order chi connectivity index (χ0) is 53.7. The zero-order valence-corrected chi connectivity index (χ0v) is 42.8. The Labute approximate surface area is 419 Å². The first-order valence-corrected chi connectivity index (χ1v) is 24.9. The van der Waals surface area contributed by atoms with E-state index in [0.717, 1.165) is 12.8 Å². The smallest absolute Gasteiger partial charge is 0.240 e. The van der Waals surface area contributed by atoms with E-state index in [1.807, 2.05) is 6.92 Å². The van der Waals surface area contributed by atoms with Crippen LogP contribution in [0.15, 0.2) is 15.0 Å². The molecule has 0 radical (unpaired) electrons. The monoisotopic (exact) mass is 1010 g/mol. The first kappa shape index (κ1) is 64.5. The second kappa shape index (κ2) is 38.3. The number of primary amides is 1. The maximum absolute atomic E-state index is 14.0. The van der Waals surface area contributed by atoms with Crippen molar-refractivity contribution in [3.05, 3.63) is 0 Å². The van der Waals surface area contributed by atoms with E-state index in [1.54, 1.807) is 20.8 Å². The molecule has 0 aliphatic heterocycles. The first-order valence-electron chi connectivity index (χ1n) is 24.9. The Kier molecular flexibility index (Phi) is 34.8. The molecular weight excluding hydrogens is 921 g/mol. The van der Waals surface area contributed by atoms with Crippen LogP contribution in [0.5, 0.6) is 0 Å². The molecule has 0 aliphatic carbocycles. The van der Waals surface area contributed by atoms with Crippen LogP contribution < -0.4 is 67.1 Å². The van der Waals surface area contributed by atoms with Crippen molar-refractivity contribution in [2.75, 3.05) is 65.4 Å². The van der Waals surface area contributed by atoms with E-state index in [-0.39, 0.29) is 81.7 Å². The maximum Gasteiger partial charge on any atom is 0.240 e. The minimum atomic E-state index is -0.919. The Hall–Kier alpha value is -6.47. The molecule has 0 spiro atoms. The van der Waals surface area contributed by atoms with E-state index in [1.165, 1.54) is 14.7 Å². The molecule has 71 heavy (non-hydrogen) atoms. The summed E-state index contributed by atoms with van der Waals surface area (Å²) in [7, 11) is 0. The van der Waals surface area contributed by atoms with Gasteiger partial charge in [0, 0.05) is 76.7 Å². The van der Waals surface area contributed by atoms with Crippen LogP contribution >= 0.6 is 0 Å². The lowest BCUT2D eigenvalue weighted by Gasteiger charge is -2.31. The number of nitrogens with one attached hydrogen (secondary N) is 4. The van der Waals surface area contributed by atoms with Crippen molar-refractivity contribution in [2.45, 2.75) is 155 Å². The van der Waals surface area contributed by atoms with Crippen LogP contribution in [-0.2, 0) is 38.4 Å². The highest BCUT2D eigenvalue weighted by Crippen LogP contribution is 2.11. The van der Waals surface area contributed by atoms with E-state index in [9.17, 15) is 38.4 Å². The minimum absolute atomic E-state index is 0.00623. The van der Waals surface area contributed by atoms with Gasteiger partial charge in [-0.15, -0.1) is 0 Å². The quantitative estimate of drug-likeness (QED) is 0.0165. The number of carbonyl (C=O) groups is 8. The topological polar surface area (TPSA) is 440 Å².